The summed E-state index contributed by atoms with van der Waals surface area (Å²) < 4.78 is 12.3. The largest absolute Gasteiger partial charge is 0.345 e. The maximum Gasteiger partial charge on any atom is 0.233 e. The van der Waals surface area contributed by atoms with Gasteiger partial charge in [0.2, 0.25) is 5.95 Å². The molecule has 10 heavy (non-hydrogen) atoms. The number of hydrogen-bond donors (Lipinski definition) is 1. The maximum absolute atomic E-state index is 12.3. The van der Waals surface area contributed by atoms with Crippen LogP contribution in [0.1, 0.15) is 0 Å². The first-order valence-electron chi connectivity index (χ1n) is 2.82. The molecule has 2 rings (SSSR count). The summed E-state index contributed by atoms with van der Waals surface area (Å²) in [6.45, 7) is 0. The van der Waals surface area contributed by atoms with E-state index in [1.807, 2.05) is 0 Å². The molecule has 0 fully saturated rings. The smallest absolute Gasteiger partial charge is 0.233 e. The van der Waals surface area contributed by atoms with Crippen LogP contribution in [0.15, 0.2) is 18.5 Å². The number of nitrogens with zero attached hydrogens (tertiary/aromatic N) is 2. The van der Waals surface area contributed by atoms with E-state index in [1.165, 1.54) is 0 Å². The van der Waals surface area contributed by atoms with Crippen LogP contribution in [0.25, 0.3) is 11.2 Å². The van der Waals surface area contributed by atoms with E-state index in [9.17, 15) is 4.39 Å². The van der Waals surface area contributed by atoms with Gasteiger partial charge in [-0.25, -0.2) is 4.98 Å². The monoisotopic (exact) mass is 137 g/mol. The van der Waals surface area contributed by atoms with E-state index < -0.39 is 5.95 Å². The molecule has 0 aromatic carbocycles. The van der Waals surface area contributed by atoms with Crippen LogP contribution >= 0.6 is 0 Å². The van der Waals surface area contributed by atoms with Gasteiger partial charge in [0.25, 0.3) is 0 Å². The molecule has 0 aliphatic heterocycles. The van der Waals surface area contributed by atoms with Gasteiger partial charge in [0.05, 0.1) is 6.20 Å². The fourth-order valence-corrected chi connectivity index (χ4v) is 0.805. The minimum Gasteiger partial charge on any atom is -0.345 e. The van der Waals surface area contributed by atoms with Gasteiger partial charge in [-0.05, 0) is 6.07 Å². The first-order chi connectivity index (χ1) is 4.86. The summed E-state index contributed by atoms with van der Waals surface area (Å²) in [7, 11) is 0. The number of fused-ring (bicyclic) bond motifs is 1. The molecule has 0 aliphatic carbocycles. The first kappa shape index (κ1) is 5.34. The summed E-state index contributed by atoms with van der Waals surface area (Å²) >= 11 is 0. The van der Waals surface area contributed by atoms with Crippen molar-refractivity contribution in [3.05, 3.63) is 24.4 Å². The predicted molar refractivity (Wildman–Crippen MR) is 33.8 cm³/mol. The summed E-state index contributed by atoms with van der Waals surface area (Å²) in [4.78, 5) is 10.1. The number of halogens is 1. The molecule has 0 unspecified atom stereocenters. The zero-order valence-corrected chi connectivity index (χ0v) is 5.00. The van der Waals surface area contributed by atoms with Crippen molar-refractivity contribution in [2.75, 3.05) is 0 Å². The predicted octanol–water partition coefficient (Wildman–Crippen LogP) is 1.10. The van der Waals surface area contributed by atoms with E-state index in [0.29, 0.717) is 11.2 Å². The third-order valence-electron chi connectivity index (χ3n) is 1.23. The van der Waals surface area contributed by atoms with Crippen LogP contribution < -0.4 is 0 Å². The average Bonchev–Trinajstić information content (AvgIpc) is 2.33. The fourth-order valence-electron chi connectivity index (χ4n) is 0.805. The number of H-pyrrole nitrogens is 1. The van der Waals surface area contributed by atoms with E-state index in [2.05, 4.69) is 15.0 Å². The van der Waals surface area contributed by atoms with Gasteiger partial charge in [-0.15, -0.1) is 0 Å². The highest BCUT2D eigenvalue weighted by molar-refractivity contribution is 5.69. The topological polar surface area (TPSA) is 41.6 Å². The van der Waals surface area contributed by atoms with Crippen molar-refractivity contribution in [2.45, 2.75) is 0 Å². The van der Waals surface area contributed by atoms with Crippen LogP contribution in [0.2, 0.25) is 0 Å². The van der Waals surface area contributed by atoms with Gasteiger partial charge >= 0.3 is 0 Å². The van der Waals surface area contributed by atoms with Crippen molar-refractivity contribution in [2.24, 2.45) is 0 Å². The Morgan fingerprint density at radius 2 is 2.40 bits per heavy atom. The van der Waals surface area contributed by atoms with Crippen molar-refractivity contribution < 1.29 is 4.39 Å². The molecular weight excluding hydrogens is 133 g/mol. The SMILES string of the molecule is Fc1cnc2cc[nH]c2n1. The quantitative estimate of drug-likeness (QED) is 0.590. The lowest BCUT2D eigenvalue weighted by atomic mass is 10.5. The zero-order valence-electron chi connectivity index (χ0n) is 5.00. The van der Waals surface area contributed by atoms with Gasteiger partial charge in [-0.1, -0.05) is 0 Å². The van der Waals surface area contributed by atoms with Gasteiger partial charge in [-0.2, -0.15) is 9.37 Å². The Labute approximate surface area is 55.9 Å². The van der Waals surface area contributed by atoms with Crippen LogP contribution in [0.3, 0.4) is 0 Å². The third-order valence-corrected chi connectivity index (χ3v) is 1.23. The number of rotatable bonds is 0. The molecule has 0 saturated carbocycles. The maximum atomic E-state index is 12.3. The number of hydrogen-bond acceptors (Lipinski definition) is 2. The number of nitrogens with one attached hydrogen (secondary N) is 1. The average molecular weight is 137 g/mol. The second-order valence-electron chi connectivity index (χ2n) is 1.90. The fraction of sp³-hybridized carbons (Fsp3) is 0. The van der Waals surface area contributed by atoms with Gasteiger partial charge < -0.3 is 4.98 Å². The minimum absolute atomic E-state index is 0.486. The highest BCUT2D eigenvalue weighted by Gasteiger charge is 1.96. The van der Waals surface area contributed by atoms with Crippen molar-refractivity contribution in [3.63, 3.8) is 0 Å². The van der Waals surface area contributed by atoms with Gasteiger partial charge in [0, 0.05) is 6.20 Å². The lowest BCUT2D eigenvalue weighted by Gasteiger charge is -1.85. The van der Waals surface area contributed by atoms with E-state index in [1.54, 1.807) is 12.3 Å². The highest BCUT2D eigenvalue weighted by atomic mass is 19.1. The first-order valence-corrected chi connectivity index (χ1v) is 2.82. The molecule has 4 heteroatoms. The van der Waals surface area contributed by atoms with E-state index in [-0.39, 0.29) is 0 Å². The molecule has 0 radical (unpaired) electrons. The van der Waals surface area contributed by atoms with Crippen molar-refractivity contribution in [1.29, 1.82) is 0 Å². The molecule has 0 spiro atoms. The van der Waals surface area contributed by atoms with E-state index in [0.717, 1.165) is 6.20 Å². The Hall–Kier alpha value is -1.45. The van der Waals surface area contributed by atoms with Crippen LogP contribution in [0.4, 0.5) is 4.39 Å². The standard InChI is InChI=1S/C6H4FN3/c7-5-3-9-4-1-2-8-6(4)10-5/h1-3H,(H,8,10). The lowest BCUT2D eigenvalue weighted by Crippen LogP contribution is -1.84. The Balaban J connectivity index is 2.86. The number of aromatic amines is 1. The second-order valence-corrected chi connectivity index (χ2v) is 1.90. The Kier molecular flexibility index (Phi) is 0.943. The van der Waals surface area contributed by atoms with Crippen LogP contribution in [0.5, 0.6) is 0 Å². The van der Waals surface area contributed by atoms with Crippen LogP contribution in [-0.4, -0.2) is 15.0 Å². The van der Waals surface area contributed by atoms with Crippen LogP contribution in [0, 0.1) is 5.95 Å². The van der Waals surface area contributed by atoms with Crippen molar-refractivity contribution in [3.8, 4) is 0 Å². The third kappa shape index (κ3) is 0.655. The molecule has 0 atom stereocenters. The van der Waals surface area contributed by atoms with Crippen molar-refractivity contribution >= 4 is 11.2 Å². The van der Waals surface area contributed by atoms with E-state index in [4.69, 9.17) is 0 Å². The van der Waals surface area contributed by atoms with Gasteiger partial charge in [-0.3, -0.25) is 0 Å². The summed E-state index contributed by atoms with van der Waals surface area (Å²) in [5.74, 6) is -0.560. The molecule has 0 aliphatic rings. The van der Waals surface area contributed by atoms with E-state index >= 15 is 0 Å². The summed E-state index contributed by atoms with van der Waals surface area (Å²) in [6.07, 6.45) is 2.76. The minimum atomic E-state index is -0.560. The molecule has 0 saturated heterocycles. The lowest BCUT2D eigenvalue weighted by molar-refractivity contribution is 0.582. The molecule has 2 aromatic heterocycles. The molecule has 50 valence electrons. The molecule has 2 heterocycles. The zero-order chi connectivity index (χ0) is 6.97. The van der Waals surface area contributed by atoms with Gasteiger partial charge in [0.1, 0.15) is 5.52 Å². The Morgan fingerprint density at radius 3 is 3.30 bits per heavy atom. The molecular formula is C6H4FN3. The summed E-state index contributed by atoms with van der Waals surface area (Å²) in [5, 5.41) is 0. The summed E-state index contributed by atoms with van der Waals surface area (Å²) in [5.41, 5.74) is 1.17. The molecule has 2 aromatic rings. The molecule has 1 N–H and O–H groups in total. The van der Waals surface area contributed by atoms with Crippen molar-refractivity contribution in [1.82, 2.24) is 15.0 Å². The second kappa shape index (κ2) is 1.76. The Bertz CT molecular complexity index is 355. The number of aromatic nitrogens is 3. The normalized spacial score (nSPS) is 10.5. The summed E-state index contributed by atoms with van der Waals surface area (Å²) in [6, 6.07) is 1.74. The van der Waals surface area contributed by atoms with Gasteiger partial charge in [0.15, 0.2) is 5.65 Å². The molecule has 3 nitrogen and oxygen atoms in total. The van der Waals surface area contributed by atoms with Crippen LogP contribution in [-0.2, 0) is 0 Å². The molecule has 0 amide bonds. The highest BCUT2D eigenvalue weighted by Crippen LogP contribution is 2.04. The Morgan fingerprint density at radius 1 is 1.50 bits per heavy atom. The molecule has 0 bridgehead atoms.